The highest BCUT2D eigenvalue weighted by Crippen LogP contribution is 2.22. The number of aldehydes is 1. The van der Waals surface area contributed by atoms with E-state index >= 15 is 0 Å². The van der Waals surface area contributed by atoms with Gasteiger partial charge in [0.2, 0.25) is 0 Å². The van der Waals surface area contributed by atoms with Gasteiger partial charge in [-0.2, -0.15) is 0 Å². The van der Waals surface area contributed by atoms with E-state index in [-0.39, 0.29) is 5.75 Å². The zero-order chi connectivity index (χ0) is 11.4. The largest absolute Gasteiger partial charge is 0.508 e. The Morgan fingerprint density at radius 2 is 2.12 bits per heavy atom. The van der Waals surface area contributed by atoms with Crippen molar-refractivity contribution >= 4 is 6.29 Å². The van der Waals surface area contributed by atoms with Gasteiger partial charge >= 0.3 is 0 Å². The van der Waals surface area contributed by atoms with E-state index in [1.807, 2.05) is 0 Å². The molecule has 0 unspecified atom stereocenters. The highest BCUT2D eigenvalue weighted by Gasteiger charge is 2.15. The summed E-state index contributed by atoms with van der Waals surface area (Å²) in [6.45, 7) is 2.11. The molecule has 1 fully saturated rings. The molecule has 86 valence electrons. The molecule has 16 heavy (non-hydrogen) atoms. The Balaban J connectivity index is 2.12. The normalized spacial score (nSPS) is 17.2. The van der Waals surface area contributed by atoms with Crippen molar-refractivity contribution in [2.24, 2.45) is 5.92 Å². The molecular weight excluding hydrogens is 202 g/mol. The fourth-order valence-corrected chi connectivity index (χ4v) is 2.28. The molecule has 2 N–H and O–H groups in total. The van der Waals surface area contributed by atoms with Gasteiger partial charge in [-0.3, -0.25) is 4.79 Å². The first-order chi connectivity index (χ1) is 7.79. The van der Waals surface area contributed by atoms with Crippen LogP contribution in [0.3, 0.4) is 0 Å². The maximum absolute atomic E-state index is 10.9. The second-order valence-electron chi connectivity index (χ2n) is 4.40. The Morgan fingerprint density at radius 3 is 2.81 bits per heavy atom. The predicted octanol–water partition coefficient (Wildman–Crippen LogP) is 1.75. The minimum absolute atomic E-state index is 0.245. The van der Waals surface area contributed by atoms with E-state index in [0.717, 1.165) is 44.2 Å². The maximum Gasteiger partial charge on any atom is 0.150 e. The van der Waals surface area contributed by atoms with Gasteiger partial charge < -0.3 is 10.4 Å². The molecule has 1 aromatic rings. The summed E-state index contributed by atoms with van der Waals surface area (Å²) in [5.74, 6) is 0.872. The standard InChI is InChI=1S/C13H17NO2/c15-9-11-1-2-13(16)8-12(11)7-10-3-5-14-6-4-10/h1-2,8-10,14,16H,3-7H2. The maximum atomic E-state index is 10.9. The van der Waals surface area contributed by atoms with Gasteiger partial charge in [0.05, 0.1) is 0 Å². The van der Waals surface area contributed by atoms with Crippen molar-refractivity contribution in [1.29, 1.82) is 0 Å². The van der Waals surface area contributed by atoms with Crippen LogP contribution in [0.2, 0.25) is 0 Å². The number of carbonyl (C=O) groups is 1. The van der Waals surface area contributed by atoms with Crippen molar-refractivity contribution in [3.8, 4) is 5.75 Å². The molecule has 0 radical (unpaired) electrons. The van der Waals surface area contributed by atoms with Crippen LogP contribution in [0, 0.1) is 5.92 Å². The summed E-state index contributed by atoms with van der Waals surface area (Å²) in [6, 6.07) is 4.97. The van der Waals surface area contributed by atoms with Crippen LogP contribution in [-0.2, 0) is 6.42 Å². The van der Waals surface area contributed by atoms with Gasteiger partial charge in [-0.05, 0) is 62.0 Å². The lowest BCUT2D eigenvalue weighted by Crippen LogP contribution is -2.28. The molecule has 0 spiro atoms. The minimum Gasteiger partial charge on any atom is -0.508 e. The Morgan fingerprint density at radius 1 is 1.38 bits per heavy atom. The van der Waals surface area contributed by atoms with Crippen molar-refractivity contribution in [2.75, 3.05) is 13.1 Å². The van der Waals surface area contributed by atoms with Gasteiger partial charge in [-0.1, -0.05) is 0 Å². The second-order valence-corrected chi connectivity index (χ2v) is 4.40. The monoisotopic (exact) mass is 219 g/mol. The van der Waals surface area contributed by atoms with Crippen molar-refractivity contribution in [3.63, 3.8) is 0 Å². The molecule has 0 amide bonds. The third-order valence-corrected chi connectivity index (χ3v) is 3.22. The van der Waals surface area contributed by atoms with E-state index in [4.69, 9.17) is 0 Å². The molecule has 0 aliphatic carbocycles. The van der Waals surface area contributed by atoms with Crippen molar-refractivity contribution in [2.45, 2.75) is 19.3 Å². The highest BCUT2D eigenvalue weighted by atomic mass is 16.3. The van der Waals surface area contributed by atoms with Crippen LogP contribution in [-0.4, -0.2) is 24.5 Å². The summed E-state index contributed by atoms with van der Waals surface area (Å²) >= 11 is 0. The van der Waals surface area contributed by atoms with Crippen LogP contribution in [0.5, 0.6) is 5.75 Å². The fourth-order valence-electron chi connectivity index (χ4n) is 2.28. The van der Waals surface area contributed by atoms with Gasteiger partial charge in [0.25, 0.3) is 0 Å². The lowest BCUT2D eigenvalue weighted by Gasteiger charge is -2.23. The number of nitrogens with one attached hydrogen (secondary N) is 1. The van der Waals surface area contributed by atoms with Gasteiger partial charge in [0.15, 0.2) is 0 Å². The fraction of sp³-hybridized carbons (Fsp3) is 0.462. The minimum atomic E-state index is 0.245. The van der Waals surface area contributed by atoms with Gasteiger partial charge in [-0.25, -0.2) is 0 Å². The average molecular weight is 219 g/mol. The van der Waals surface area contributed by atoms with E-state index in [1.165, 1.54) is 0 Å². The number of aromatic hydroxyl groups is 1. The molecule has 0 atom stereocenters. The highest BCUT2D eigenvalue weighted by molar-refractivity contribution is 5.77. The molecule has 3 nitrogen and oxygen atoms in total. The topological polar surface area (TPSA) is 49.3 Å². The lowest BCUT2D eigenvalue weighted by atomic mass is 9.89. The average Bonchev–Trinajstić information content (AvgIpc) is 2.31. The molecule has 1 aliphatic heterocycles. The summed E-state index contributed by atoms with van der Waals surface area (Å²) < 4.78 is 0. The number of carbonyl (C=O) groups excluding carboxylic acids is 1. The zero-order valence-corrected chi connectivity index (χ0v) is 9.28. The molecule has 2 rings (SSSR count). The molecule has 1 aromatic carbocycles. The van der Waals surface area contributed by atoms with E-state index in [1.54, 1.807) is 18.2 Å². The number of phenols is 1. The number of hydrogen-bond donors (Lipinski definition) is 2. The molecule has 0 bridgehead atoms. The van der Waals surface area contributed by atoms with E-state index in [0.29, 0.717) is 11.5 Å². The first-order valence-corrected chi connectivity index (χ1v) is 5.77. The number of rotatable bonds is 3. The molecule has 0 aromatic heterocycles. The van der Waals surface area contributed by atoms with Gasteiger partial charge in [0.1, 0.15) is 12.0 Å². The van der Waals surface area contributed by atoms with Gasteiger partial charge in [0, 0.05) is 5.56 Å². The van der Waals surface area contributed by atoms with Crippen LogP contribution in [0.1, 0.15) is 28.8 Å². The molecule has 1 aliphatic rings. The first kappa shape index (κ1) is 11.1. The first-order valence-electron chi connectivity index (χ1n) is 5.77. The van der Waals surface area contributed by atoms with Crippen LogP contribution < -0.4 is 5.32 Å². The van der Waals surface area contributed by atoms with Crippen molar-refractivity contribution in [3.05, 3.63) is 29.3 Å². The molecule has 1 saturated heterocycles. The second kappa shape index (κ2) is 5.12. The van der Waals surface area contributed by atoms with E-state index < -0.39 is 0 Å². The smallest absolute Gasteiger partial charge is 0.150 e. The number of piperidine rings is 1. The number of phenolic OH excluding ortho intramolecular Hbond substituents is 1. The Bertz CT molecular complexity index is 370. The van der Waals surface area contributed by atoms with Crippen LogP contribution >= 0.6 is 0 Å². The molecule has 3 heteroatoms. The van der Waals surface area contributed by atoms with Crippen molar-refractivity contribution < 1.29 is 9.90 Å². The molecule has 1 heterocycles. The molecule has 0 saturated carbocycles. The summed E-state index contributed by atoms with van der Waals surface area (Å²) in [7, 11) is 0. The van der Waals surface area contributed by atoms with E-state index in [2.05, 4.69) is 5.32 Å². The summed E-state index contributed by atoms with van der Waals surface area (Å²) in [5, 5.41) is 12.8. The van der Waals surface area contributed by atoms with E-state index in [9.17, 15) is 9.90 Å². The lowest BCUT2D eigenvalue weighted by molar-refractivity contribution is 0.112. The summed E-state index contributed by atoms with van der Waals surface area (Å²) in [6.07, 6.45) is 4.06. The SMILES string of the molecule is O=Cc1ccc(O)cc1CC1CCNCC1. The molecular formula is C13H17NO2. The predicted molar refractivity (Wildman–Crippen MR) is 62.8 cm³/mol. The summed E-state index contributed by atoms with van der Waals surface area (Å²) in [5.41, 5.74) is 1.68. The van der Waals surface area contributed by atoms with Crippen LogP contribution in [0.4, 0.5) is 0 Å². The Hall–Kier alpha value is -1.35. The quantitative estimate of drug-likeness (QED) is 0.761. The van der Waals surface area contributed by atoms with Crippen LogP contribution in [0.15, 0.2) is 18.2 Å². The van der Waals surface area contributed by atoms with Gasteiger partial charge in [-0.15, -0.1) is 0 Å². The Labute approximate surface area is 95.5 Å². The van der Waals surface area contributed by atoms with Crippen molar-refractivity contribution in [1.82, 2.24) is 5.32 Å². The van der Waals surface area contributed by atoms with Crippen LogP contribution in [0.25, 0.3) is 0 Å². The third-order valence-electron chi connectivity index (χ3n) is 3.22. The number of benzene rings is 1. The third kappa shape index (κ3) is 2.61. The Kier molecular flexibility index (Phi) is 3.57. The summed E-state index contributed by atoms with van der Waals surface area (Å²) in [4.78, 5) is 10.9. The number of hydrogen-bond acceptors (Lipinski definition) is 3. The zero-order valence-electron chi connectivity index (χ0n) is 9.28.